The molecule has 0 amide bonds. The van der Waals surface area contributed by atoms with Crippen molar-refractivity contribution in [2.24, 2.45) is 34.1 Å². The van der Waals surface area contributed by atoms with Crippen molar-refractivity contribution < 1.29 is 0 Å². The minimum Gasteiger partial charge on any atom is -0.312 e. The highest BCUT2D eigenvalue weighted by Gasteiger charge is 2.57. The first-order chi connectivity index (χ1) is 13.7. The van der Waals surface area contributed by atoms with E-state index in [1.807, 2.05) is 0 Å². The molecule has 2 aliphatic rings. The van der Waals surface area contributed by atoms with E-state index in [0.717, 1.165) is 70.6 Å². The lowest BCUT2D eigenvalue weighted by atomic mass is 9.56. The summed E-state index contributed by atoms with van der Waals surface area (Å²) in [5.74, 6) is 0.614. The lowest BCUT2D eigenvalue weighted by Gasteiger charge is -2.57. The monoisotopic (exact) mass is 446 g/mol. The number of hydrogen-bond donors (Lipinski definition) is 2. The van der Waals surface area contributed by atoms with E-state index in [1.165, 1.54) is 25.7 Å². The minimum atomic E-state index is -0.639. The van der Waals surface area contributed by atoms with Crippen LogP contribution in [0.3, 0.4) is 0 Å². The van der Waals surface area contributed by atoms with Crippen LogP contribution >= 0.6 is 23.2 Å². The van der Waals surface area contributed by atoms with Crippen molar-refractivity contribution in [3.63, 3.8) is 0 Å². The zero-order valence-corrected chi connectivity index (χ0v) is 21.2. The molecule has 2 rings (SSSR count). The molecule has 2 nitrogen and oxygen atoms in total. The molecule has 0 aliphatic heterocycles. The summed E-state index contributed by atoms with van der Waals surface area (Å²) in [6, 6.07) is 0. The fourth-order valence-electron chi connectivity index (χ4n) is 7.40. The molecule has 172 valence electrons. The molecule has 2 aliphatic carbocycles. The number of hydrogen-bond acceptors (Lipinski definition) is 2. The number of rotatable bonds is 10. The van der Waals surface area contributed by atoms with Crippen LogP contribution < -0.4 is 11.5 Å². The molecule has 0 bridgehead atoms. The fraction of sp³-hybridized carbons (Fsp3) is 1.00. The second kappa shape index (κ2) is 10.4. The van der Waals surface area contributed by atoms with Gasteiger partial charge < -0.3 is 11.5 Å². The molecule has 0 heterocycles. The van der Waals surface area contributed by atoms with Gasteiger partial charge >= 0.3 is 0 Å². The summed E-state index contributed by atoms with van der Waals surface area (Å²) in [4.78, 5) is -1.28. The molecule has 2 fully saturated rings. The molecule has 4 heteroatoms. The number of halogens is 2. The third-order valence-corrected chi connectivity index (χ3v) is 10.1. The van der Waals surface area contributed by atoms with Crippen molar-refractivity contribution in [1.82, 2.24) is 0 Å². The molecule has 0 saturated heterocycles. The fourth-order valence-corrected chi connectivity index (χ4v) is 8.36. The Bertz CT molecular complexity index is 436. The Morgan fingerprint density at radius 1 is 0.655 bits per heavy atom. The van der Waals surface area contributed by atoms with Gasteiger partial charge in [-0.05, 0) is 69.6 Å². The molecule has 0 aromatic heterocycles. The zero-order valence-electron chi connectivity index (χ0n) is 19.7. The van der Waals surface area contributed by atoms with Crippen LogP contribution in [0.15, 0.2) is 0 Å². The summed E-state index contributed by atoms with van der Waals surface area (Å²) in [5.41, 5.74) is 14.2. The van der Waals surface area contributed by atoms with Crippen LogP contribution in [-0.2, 0) is 0 Å². The Hall–Kier alpha value is 0.500. The van der Waals surface area contributed by atoms with Crippen molar-refractivity contribution >= 4 is 23.2 Å². The third kappa shape index (κ3) is 4.81. The average Bonchev–Trinajstić information content (AvgIpc) is 2.64. The van der Waals surface area contributed by atoms with Crippen LogP contribution in [0.25, 0.3) is 0 Å². The standard InChI is InChI=1S/C25H48Cl2N2/c1-5-13-22(14-6-2)17-9-11-20(24(22,26)28)19-21-12-10-18-23(15-7-3,16-8-4)25(21,27)29/h20-21H,5-19,28-29H2,1-4H3. The average molecular weight is 448 g/mol. The summed E-state index contributed by atoms with van der Waals surface area (Å²) in [7, 11) is 0. The third-order valence-electron chi connectivity index (χ3n) is 8.71. The van der Waals surface area contributed by atoms with E-state index >= 15 is 0 Å². The molecule has 0 radical (unpaired) electrons. The Labute approximate surface area is 191 Å². The quantitative estimate of drug-likeness (QED) is 0.264. The predicted octanol–water partition coefficient (Wildman–Crippen LogP) is 7.94. The van der Waals surface area contributed by atoms with E-state index < -0.39 is 10.00 Å². The molecule has 29 heavy (non-hydrogen) atoms. The highest BCUT2D eigenvalue weighted by Crippen LogP contribution is 2.59. The van der Waals surface area contributed by atoms with Crippen LogP contribution in [0.2, 0.25) is 0 Å². The molecule has 0 spiro atoms. The Balaban J connectivity index is 2.28. The normalized spacial score (nSPS) is 36.8. The van der Waals surface area contributed by atoms with E-state index in [4.69, 9.17) is 34.7 Å². The topological polar surface area (TPSA) is 52.0 Å². The van der Waals surface area contributed by atoms with E-state index in [-0.39, 0.29) is 10.8 Å². The lowest BCUT2D eigenvalue weighted by molar-refractivity contribution is 0.00212. The van der Waals surface area contributed by atoms with Gasteiger partial charge in [-0.1, -0.05) is 66.2 Å². The molecular formula is C25H48Cl2N2. The first-order valence-corrected chi connectivity index (χ1v) is 13.4. The van der Waals surface area contributed by atoms with Crippen molar-refractivity contribution in [2.75, 3.05) is 0 Å². The van der Waals surface area contributed by atoms with Gasteiger partial charge in [0, 0.05) is 10.8 Å². The van der Waals surface area contributed by atoms with Crippen LogP contribution in [-0.4, -0.2) is 10.00 Å². The number of nitrogens with two attached hydrogens (primary N) is 2. The van der Waals surface area contributed by atoms with E-state index in [1.54, 1.807) is 0 Å². The van der Waals surface area contributed by atoms with Crippen molar-refractivity contribution in [2.45, 2.75) is 134 Å². The summed E-state index contributed by atoms with van der Waals surface area (Å²) in [5, 5.41) is 0. The highest BCUT2D eigenvalue weighted by atomic mass is 35.5. The van der Waals surface area contributed by atoms with Gasteiger partial charge in [-0.25, -0.2) is 0 Å². The molecule has 0 aromatic carbocycles. The maximum atomic E-state index is 7.32. The molecule has 0 aromatic rings. The van der Waals surface area contributed by atoms with Gasteiger partial charge in [0.25, 0.3) is 0 Å². The van der Waals surface area contributed by atoms with Crippen LogP contribution in [0.1, 0.15) is 124 Å². The Morgan fingerprint density at radius 3 is 1.24 bits per heavy atom. The summed E-state index contributed by atoms with van der Waals surface area (Å²) in [6.07, 6.45) is 17.1. The Kier molecular flexibility index (Phi) is 9.25. The van der Waals surface area contributed by atoms with Crippen LogP contribution in [0, 0.1) is 22.7 Å². The van der Waals surface area contributed by atoms with Crippen LogP contribution in [0.5, 0.6) is 0 Å². The predicted molar refractivity (Wildman–Crippen MR) is 129 cm³/mol. The SMILES string of the molecule is CCCC1(CCC)CCCC(CC2CCCC(CCC)(CCC)C2(N)Cl)C1(N)Cl. The molecule has 2 saturated carbocycles. The van der Waals surface area contributed by atoms with Gasteiger partial charge in [0.05, 0.1) is 10.00 Å². The maximum Gasteiger partial charge on any atom is 0.0995 e. The van der Waals surface area contributed by atoms with Crippen molar-refractivity contribution in [1.29, 1.82) is 0 Å². The van der Waals surface area contributed by atoms with Gasteiger partial charge in [-0.15, -0.1) is 23.2 Å². The highest BCUT2D eigenvalue weighted by molar-refractivity contribution is 6.25. The van der Waals surface area contributed by atoms with E-state index in [9.17, 15) is 0 Å². The largest absolute Gasteiger partial charge is 0.312 e. The zero-order chi connectivity index (χ0) is 21.8. The Morgan fingerprint density at radius 2 is 0.966 bits per heavy atom. The number of alkyl halides is 2. The van der Waals surface area contributed by atoms with Crippen molar-refractivity contribution in [3.8, 4) is 0 Å². The van der Waals surface area contributed by atoms with Gasteiger partial charge in [0.15, 0.2) is 0 Å². The van der Waals surface area contributed by atoms with Gasteiger partial charge in [0.2, 0.25) is 0 Å². The molecule has 4 unspecified atom stereocenters. The lowest BCUT2D eigenvalue weighted by Crippen LogP contribution is -2.62. The molecular weight excluding hydrogens is 399 g/mol. The van der Waals surface area contributed by atoms with Crippen molar-refractivity contribution in [3.05, 3.63) is 0 Å². The minimum absolute atomic E-state index is 0.0587. The second-order valence-corrected chi connectivity index (χ2v) is 11.8. The van der Waals surface area contributed by atoms with E-state index in [2.05, 4.69) is 27.7 Å². The summed E-state index contributed by atoms with van der Waals surface area (Å²) < 4.78 is 0. The molecule has 4 atom stereocenters. The summed E-state index contributed by atoms with van der Waals surface area (Å²) >= 11 is 14.6. The maximum absolute atomic E-state index is 7.32. The first kappa shape index (κ1) is 25.8. The smallest absolute Gasteiger partial charge is 0.0995 e. The molecule has 4 N–H and O–H groups in total. The van der Waals surface area contributed by atoms with Gasteiger partial charge in [-0.3, -0.25) is 0 Å². The van der Waals surface area contributed by atoms with Gasteiger partial charge in [0.1, 0.15) is 0 Å². The van der Waals surface area contributed by atoms with E-state index in [0.29, 0.717) is 11.8 Å². The van der Waals surface area contributed by atoms with Gasteiger partial charge in [-0.2, -0.15) is 0 Å². The first-order valence-electron chi connectivity index (χ1n) is 12.6. The second-order valence-electron chi connectivity index (χ2n) is 10.5. The van der Waals surface area contributed by atoms with Crippen LogP contribution in [0.4, 0.5) is 0 Å². The summed E-state index contributed by atoms with van der Waals surface area (Å²) in [6.45, 7) is 9.07.